The van der Waals surface area contributed by atoms with Gasteiger partial charge in [0.2, 0.25) is 5.91 Å². The lowest BCUT2D eigenvalue weighted by molar-refractivity contribution is -0.131. The smallest absolute Gasteiger partial charge is 0.332 e. The zero-order chi connectivity index (χ0) is 21.8. The summed E-state index contributed by atoms with van der Waals surface area (Å²) in [7, 11) is 0. The molecule has 1 fully saturated rings. The molecule has 4 amide bonds. The van der Waals surface area contributed by atoms with Crippen molar-refractivity contribution in [3.05, 3.63) is 65.7 Å². The summed E-state index contributed by atoms with van der Waals surface area (Å²) in [4.78, 5) is 40.2. The van der Waals surface area contributed by atoms with Crippen molar-refractivity contribution in [3.8, 4) is 0 Å². The molecule has 1 saturated heterocycles. The summed E-state index contributed by atoms with van der Waals surface area (Å²) in [6.07, 6.45) is 0. The Kier molecular flexibility index (Phi) is 6.55. The van der Waals surface area contributed by atoms with Crippen LogP contribution in [0.25, 0.3) is 0 Å². The van der Waals surface area contributed by atoms with Crippen LogP contribution < -0.4 is 10.2 Å². The van der Waals surface area contributed by atoms with E-state index in [0.717, 1.165) is 10.5 Å². The molecule has 0 radical (unpaired) electrons. The van der Waals surface area contributed by atoms with Crippen molar-refractivity contribution in [1.82, 2.24) is 10.2 Å². The molecule has 1 unspecified atom stereocenters. The Morgan fingerprint density at radius 2 is 1.53 bits per heavy atom. The Labute approximate surface area is 177 Å². The normalized spacial score (nSPS) is 15.3. The van der Waals surface area contributed by atoms with E-state index < -0.39 is 6.03 Å². The number of benzene rings is 2. The van der Waals surface area contributed by atoms with Gasteiger partial charge in [-0.3, -0.25) is 19.4 Å². The van der Waals surface area contributed by atoms with Gasteiger partial charge >= 0.3 is 6.03 Å². The van der Waals surface area contributed by atoms with E-state index in [9.17, 15) is 14.4 Å². The minimum absolute atomic E-state index is 0.0552. The maximum absolute atomic E-state index is 12.7. The number of carbonyl (C=O) groups is 3. The molecule has 1 heterocycles. The first-order valence-corrected chi connectivity index (χ1v) is 10.3. The molecule has 1 aliphatic rings. The summed E-state index contributed by atoms with van der Waals surface area (Å²) in [6.45, 7) is 8.00. The third-order valence-electron chi connectivity index (χ3n) is 5.37. The third kappa shape index (κ3) is 4.70. The van der Waals surface area contributed by atoms with Crippen molar-refractivity contribution >= 4 is 23.5 Å². The number of carbonyl (C=O) groups excluding carboxylic acids is 3. The summed E-state index contributed by atoms with van der Waals surface area (Å²) in [5.41, 5.74) is 2.89. The highest BCUT2D eigenvalue weighted by molar-refractivity contribution is 6.13. The second-order valence-corrected chi connectivity index (χ2v) is 8.29. The second-order valence-electron chi connectivity index (χ2n) is 8.29. The van der Waals surface area contributed by atoms with Gasteiger partial charge in [-0.1, -0.05) is 70.2 Å². The lowest BCUT2D eigenvalue weighted by atomic mass is 9.93. The average Bonchev–Trinajstić information content (AvgIpc) is 3.01. The van der Waals surface area contributed by atoms with E-state index in [0.29, 0.717) is 11.6 Å². The molecule has 1 N–H and O–H groups in total. The van der Waals surface area contributed by atoms with Crippen molar-refractivity contribution in [2.45, 2.75) is 39.7 Å². The Hall–Kier alpha value is -3.15. The van der Waals surface area contributed by atoms with Crippen molar-refractivity contribution in [3.63, 3.8) is 0 Å². The second kappa shape index (κ2) is 9.11. The molecule has 1 atom stereocenters. The van der Waals surface area contributed by atoms with Crippen molar-refractivity contribution in [1.29, 1.82) is 0 Å². The van der Waals surface area contributed by atoms with Gasteiger partial charge in [-0.2, -0.15) is 0 Å². The Morgan fingerprint density at radius 1 is 0.933 bits per heavy atom. The minimum Gasteiger partial charge on any atom is -0.347 e. The molecular weight excluding hydrogens is 378 g/mol. The standard InChI is InChI=1S/C24H29N3O3/c1-16(2)18-10-12-19(13-11-18)23(17(3)4)25-21(28)14-27-22(29)15-26(24(27)30)20-8-6-5-7-9-20/h5-13,16-17,23H,14-15H2,1-4H3,(H,25,28). The van der Waals surface area contributed by atoms with Crippen LogP contribution in [0.4, 0.5) is 10.5 Å². The van der Waals surface area contributed by atoms with Crippen LogP contribution in [-0.2, 0) is 9.59 Å². The first-order chi connectivity index (χ1) is 14.3. The predicted octanol–water partition coefficient (Wildman–Crippen LogP) is 4.09. The summed E-state index contributed by atoms with van der Waals surface area (Å²) in [5.74, 6) is -0.129. The lowest BCUT2D eigenvalue weighted by Gasteiger charge is -2.24. The third-order valence-corrected chi connectivity index (χ3v) is 5.37. The number of rotatable bonds is 7. The quantitative estimate of drug-likeness (QED) is 0.703. The Bertz CT molecular complexity index is 907. The maximum atomic E-state index is 12.7. The number of anilines is 1. The number of nitrogens with zero attached hydrogens (tertiary/aromatic N) is 2. The molecule has 30 heavy (non-hydrogen) atoms. The molecular formula is C24H29N3O3. The number of hydrogen-bond acceptors (Lipinski definition) is 3. The molecule has 2 aromatic rings. The van der Waals surface area contributed by atoms with Gasteiger partial charge < -0.3 is 5.32 Å². The van der Waals surface area contributed by atoms with E-state index in [2.05, 4.69) is 31.3 Å². The summed E-state index contributed by atoms with van der Waals surface area (Å²) in [6, 6.07) is 16.5. The zero-order valence-electron chi connectivity index (χ0n) is 18.0. The largest absolute Gasteiger partial charge is 0.347 e. The fraction of sp³-hybridized carbons (Fsp3) is 0.375. The SMILES string of the molecule is CC(C)c1ccc(C(NC(=O)CN2C(=O)CN(c3ccccc3)C2=O)C(C)C)cc1. The van der Waals surface area contributed by atoms with Crippen LogP contribution in [0.5, 0.6) is 0 Å². The average molecular weight is 408 g/mol. The first-order valence-electron chi connectivity index (χ1n) is 10.3. The molecule has 0 saturated carbocycles. The summed E-state index contributed by atoms with van der Waals surface area (Å²) in [5, 5.41) is 3.00. The minimum atomic E-state index is -0.469. The topological polar surface area (TPSA) is 69.7 Å². The number of para-hydroxylation sites is 1. The molecule has 0 aromatic heterocycles. The Morgan fingerprint density at radius 3 is 2.10 bits per heavy atom. The number of imide groups is 1. The van der Waals surface area contributed by atoms with Gasteiger partial charge in [-0.25, -0.2) is 4.79 Å². The van der Waals surface area contributed by atoms with Crippen molar-refractivity contribution in [2.75, 3.05) is 18.0 Å². The van der Waals surface area contributed by atoms with Crippen LogP contribution in [0.15, 0.2) is 54.6 Å². The fourth-order valence-corrected chi connectivity index (χ4v) is 3.59. The molecule has 0 spiro atoms. The van der Waals surface area contributed by atoms with Crippen LogP contribution in [0.1, 0.15) is 50.8 Å². The highest BCUT2D eigenvalue weighted by Crippen LogP contribution is 2.25. The predicted molar refractivity (Wildman–Crippen MR) is 117 cm³/mol. The van der Waals surface area contributed by atoms with E-state index >= 15 is 0 Å². The number of urea groups is 1. The summed E-state index contributed by atoms with van der Waals surface area (Å²) < 4.78 is 0. The molecule has 158 valence electrons. The van der Waals surface area contributed by atoms with Crippen LogP contribution in [0, 0.1) is 5.92 Å². The lowest BCUT2D eigenvalue weighted by Crippen LogP contribution is -2.43. The van der Waals surface area contributed by atoms with E-state index in [1.807, 2.05) is 32.0 Å². The van der Waals surface area contributed by atoms with Gasteiger partial charge in [0.25, 0.3) is 5.91 Å². The van der Waals surface area contributed by atoms with Gasteiger partial charge in [0, 0.05) is 5.69 Å². The van der Waals surface area contributed by atoms with Gasteiger partial charge in [0.15, 0.2) is 0 Å². The van der Waals surface area contributed by atoms with Crippen molar-refractivity contribution < 1.29 is 14.4 Å². The molecule has 1 aliphatic heterocycles. The first kappa shape index (κ1) is 21.6. The van der Waals surface area contributed by atoms with Gasteiger partial charge in [0.1, 0.15) is 13.1 Å². The number of hydrogen-bond donors (Lipinski definition) is 1. The highest BCUT2D eigenvalue weighted by Gasteiger charge is 2.38. The van der Waals surface area contributed by atoms with E-state index in [-0.39, 0.29) is 36.9 Å². The highest BCUT2D eigenvalue weighted by atomic mass is 16.2. The number of nitrogens with one attached hydrogen (secondary N) is 1. The van der Waals surface area contributed by atoms with Gasteiger partial charge in [-0.15, -0.1) is 0 Å². The van der Waals surface area contributed by atoms with Crippen LogP contribution in [-0.4, -0.2) is 35.8 Å². The maximum Gasteiger partial charge on any atom is 0.332 e. The summed E-state index contributed by atoms with van der Waals surface area (Å²) >= 11 is 0. The van der Waals surface area contributed by atoms with E-state index in [1.54, 1.807) is 24.3 Å². The van der Waals surface area contributed by atoms with Gasteiger partial charge in [-0.05, 0) is 35.1 Å². The molecule has 6 heteroatoms. The number of amides is 4. The molecule has 6 nitrogen and oxygen atoms in total. The van der Waals surface area contributed by atoms with Crippen LogP contribution in [0.3, 0.4) is 0 Å². The van der Waals surface area contributed by atoms with Crippen molar-refractivity contribution in [2.24, 2.45) is 5.92 Å². The Balaban J connectivity index is 1.68. The van der Waals surface area contributed by atoms with E-state index in [1.165, 1.54) is 10.5 Å². The van der Waals surface area contributed by atoms with E-state index in [4.69, 9.17) is 0 Å². The molecule has 0 bridgehead atoms. The molecule has 2 aromatic carbocycles. The zero-order valence-corrected chi connectivity index (χ0v) is 18.0. The fourth-order valence-electron chi connectivity index (χ4n) is 3.59. The van der Waals surface area contributed by atoms with Gasteiger partial charge in [0.05, 0.1) is 6.04 Å². The van der Waals surface area contributed by atoms with Crippen LogP contribution >= 0.6 is 0 Å². The monoisotopic (exact) mass is 407 g/mol. The molecule has 0 aliphatic carbocycles. The van der Waals surface area contributed by atoms with Crippen LogP contribution in [0.2, 0.25) is 0 Å². The molecule has 3 rings (SSSR count).